The van der Waals surface area contributed by atoms with Gasteiger partial charge in [0.2, 0.25) is 0 Å². The highest BCUT2D eigenvalue weighted by atomic mass is 32.2. The highest BCUT2D eigenvalue weighted by Crippen LogP contribution is 2.18. The summed E-state index contributed by atoms with van der Waals surface area (Å²) in [5.74, 6) is 0.814. The van der Waals surface area contributed by atoms with Gasteiger partial charge in [-0.25, -0.2) is 0 Å². The molecule has 1 N–H and O–H groups in total. The Morgan fingerprint density at radius 3 is 3.09 bits per heavy atom. The summed E-state index contributed by atoms with van der Waals surface area (Å²) in [4.78, 5) is 0. The van der Waals surface area contributed by atoms with E-state index in [4.69, 9.17) is 4.74 Å². The van der Waals surface area contributed by atoms with Gasteiger partial charge in [0, 0.05) is 26.4 Å². The van der Waals surface area contributed by atoms with Crippen molar-refractivity contribution in [1.29, 1.82) is 0 Å². The molecule has 23 heavy (non-hydrogen) atoms. The van der Waals surface area contributed by atoms with Gasteiger partial charge in [0.1, 0.15) is 0 Å². The van der Waals surface area contributed by atoms with E-state index < -0.39 is 10.2 Å². The quantitative estimate of drug-likeness (QED) is 0.824. The minimum Gasteiger partial charge on any atom is -0.384 e. The van der Waals surface area contributed by atoms with Crippen molar-refractivity contribution in [3.63, 3.8) is 0 Å². The second-order valence-corrected chi connectivity index (χ2v) is 7.45. The van der Waals surface area contributed by atoms with Gasteiger partial charge in [-0.1, -0.05) is 6.07 Å². The van der Waals surface area contributed by atoms with Crippen LogP contribution in [0.25, 0.3) is 5.65 Å². The van der Waals surface area contributed by atoms with Crippen molar-refractivity contribution in [3.8, 4) is 0 Å². The minimum atomic E-state index is -3.53. The van der Waals surface area contributed by atoms with E-state index in [1.165, 1.54) is 4.31 Å². The van der Waals surface area contributed by atoms with Crippen LogP contribution in [-0.2, 0) is 21.5 Å². The number of rotatable bonds is 6. The number of hydrogen-bond acceptors (Lipinski definition) is 5. The third-order valence-corrected chi connectivity index (χ3v) is 5.54. The standard InChI is InChI=1S/C14H21N5O3S/c1-22-11-12-5-4-7-18(10-12)23(20,21)15-9-14-17-16-13-6-2-3-8-19(13)14/h2-3,6,8,12,15H,4-5,7,9-11H2,1H3. The van der Waals surface area contributed by atoms with Crippen LogP contribution in [-0.4, -0.2) is 54.1 Å². The summed E-state index contributed by atoms with van der Waals surface area (Å²) in [5.41, 5.74) is 0.694. The number of aromatic nitrogens is 3. The van der Waals surface area contributed by atoms with Crippen LogP contribution in [0, 0.1) is 5.92 Å². The van der Waals surface area contributed by atoms with Crippen molar-refractivity contribution in [2.24, 2.45) is 5.92 Å². The first kappa shape index (κ1) is 16.3. The molecule has 2 aromatic rings. The molecule has 3 heterocycles. The zero-order valence-electron chi connectivity index (χ0n) is 13.1. The molecule has 0 amide bonds. The molecule has 0 saturated carbocycles. The molecule has 0 aromatic carbocycles. The van der Waals surface area contributed by atoms with Gasteiger partial charge in [-0.15, -0.1) is 10.2 Å². The van der Waals surface area contributed by atoms with E-state index in [1.807, 2.05) is 24.4 Å². The number of ether oxygens (including phenoxy) is 1. The van der Waals surface area contributed by atoms with Crippen LogP contribution < -0.4 is 4.72 Å². The van der Waals surface area contributed by atoms with Crippen LogP contribution >= 0.6 is 0 Å². The highest BCUT2D eigenvalue weighted by molar-refractivity contribution is 7.87. The van der Waals surface area contributed by atoms with Gasteiger partial charge in [-0.05, 0) is 30.9 Å². The maximum absolute atomic E-state index is 12.5. The summed E-state index contributed by atoms with van der Waals surface area (Å²) < 4.78 is 36.0. The van der Waals surface area contributed by atoms with E-state index in [0.29, 0.717) is 31.2 Å². The van der Waals surface area contributed by atoms with Crippen molar-refractivity contribution < 1.29 is 13.2 Å². The molecule has 2 aromatic heterocycles. The van der Waals surface area contributed by atoms with E-state index in [1.54, 1.807) is 11.5 Å². The lowest BCUT2D eigenvalue weighted by molar-refractivity contribution is 0.118. The van der Waals surface area contributed by atoms with E-state index in [9.17, 15) is 8.42 Å². The second-order valence-electron chi connectivity index (χ2n) is 5.69. The highest BCUT2D eigenvalue weighted by Gasteiger charge is 2.28. The lowest BCUT2D eigenvalue weighted by Crippen LogP contribution is -2.46. The van der Waals surface area contributed by atoms with Crippen LogP contribution in [0.3, 0.4) is 0 Å². The SMILES string of the molecule is COCC1CCCN(S(=O)(=O)NCc2nnc3ccccn23)C1. The fourth-order valence-corrected chi connectivity index (χ4v) is 4.15. The fraction of sp³-hybridized carbons (Fsp3) is 0.571. The second kappa shape index (κ2) is 6.91. The number of pyridine rings is 1. The Morgan fingerprint density at radius 2 is 2.26 bits per heavy atom. The van der Waals surface area contributed by atoms with Crippen LogP contribution in [0.4, 0.5) is 0 Å². The van der Waals surface area contributed by atoms with Gasteiger partial charge in [-0.2, -0.15) is 17.4 Å². The molecule has 1 unspecified atom stereocenters. The molecule has 1 saturated heterocycles. The Hall–Kier alpha value is -1.55. The monoisotopic (exact) mass is 339 g/mol. The Balaban J connectivity index is 1.66. The van der Waals surface area contributed by atoms with Crippen LogP contribution in [0.2, 0.25) is 0 Å². The molecule has 0 aliphatic carbocycles. The lowest BCUT2D eigenvalue weighted by Gasteiger charge is -2.31. The fourth-order valence-electron chi connectivity index (χ4n) is 2.88. The molecule has 0 radical (unpaired) electrons. The maximum atomic E-state index is 12.5. The van der Waals surface area contributed by atoms with Gasteiger partial charge < -0.3 is 4.74 Å². The van der Waals surface area contributed by atoms with Crippen LogP contribution in [0.1, 0.15) is 18.7 Å². The number of hydrogen-bond donors (Lipinski definition) is 1. The smallest absolute Gasteiger partial charge is 0.279 e. The Bertz CT molecular complexity index is 759. The van der Waals surface area contributed by atoms with E-state index in [-0.39, 0.29) is 12.5 Å². The van der Waals surface area contributed by atoms with Crippen molar-refractivity contribution in [2.75, 3.05) is 26.8 Å². The number of fused-ring (bicyclic) bond motifs is 1. The summed E-state index contributed by atoms with van der Waals surface area (Å²) in [6, 6.07) is 5.54. The van der Waals surface area contributed by atoms with Crippen molar-refractivity contribution in [1.82, 2.24) is 23.6 Å². The minimum absolute atomic E-state index is 0.110. The number of piperidine rings is 1. The molecule has 126 valence electrons. The summed E-state index contributed by atoms with van der Waals surface area (Å²) in [6.45, 7) is 1.72. The van der Waals surface area contributed by atoms with Gasteiger partial charge in [0.25, 0.3) is 10.2 Å². The third-order valence-electron chi connectivity index (χ3n) is 4.02. The number of nitrogens with one attached hydrogen (secondary N) is 1. The van der Waals surface area contributed by atoms with Crippen molar-refractivity contribution in [2.45, 2.75) is 19.4 Å². The molecule has 3 rings (SSSR count). The Labute approximate surface area is 135 Å². The predicted octanol–water partition coefficient (Wildman–Crippen LogP) is 0.422. The molecule has 0 spiro atoms. The molecule has 1 aliphatic heterocycles. The van der Waals surface area contributed by atoms with E-state index in [2.05, 4.69) is 14.9 Å². The van der Waals surface area contributed by atoms with E-state index in [0.717, 1.165) is 12.8 Å². The van der Waals surface area contributed by atoms with Gasteiger partial charge in [0.15, 0.2) is 11.5 Å². The van der Waals surface area contributed by atoms with Gasteiger partial charge in [-0.3, -0.25) is 4.40 Å². The third kappa shape index (κ3) is 3.69. The lowest BCUT2D eigenvalue weighted by atomic mass is 10.0. The van der Waals surface area contributed by atoms with Crippen molar-refractivity contribution in [3.05, 3.63) is 30.2 Å². The van der Waals surface area contributed by atoms with Crippen molar-refractivity contribution >= 4 is 15.9 Å². The summed E-state index contributed by atoms with van der Waals surface area (Å²) in [6.07, 6.45) is 3.66. The molecular formula is C14H21N5O3S. The molecule has 8 nitrogen and oxygen atoms in total. The Kier molecular flexibility index (Phi) is 4.90. The zero-order chi connectivity index (χ0) is 16.3. The average Bonchev–Trinajstić information content (AvgIpc) is 2.97. The van der Waals surface area contributed by atoms with Gasteiger partial charge >= 0.3 is 0 Å². The maximum Gasteiger partial charge on any atom is 0.279 e. The zero-order valence-corrected chi connectivity index (χ0v) is 13.9. The summed E-state index contributed by atoms with van der Waals surface area (Å²) in [7, 11) is -1.89. The largest absolute Gasteiger partial charge is 0.384 e. The molecule has 0 bridgehead atoms. The Morgan fingerprint density at radius 1 is 1.39 bits per heavy atom. The van der Waals surface area contributed by atoms with E-state index >= 15 is 0 Å². The molecule has 1 fully saturated rings. The molecule has 9 heteroatoms. The van der Waals surface area contributed by atoms with Crippen LogP contribution in [0.5, 0.6) is 0 Å². The first-order valence-corrected chi connectivity index (χ1v) is 9.06. The number of nitrogens with zero attached hydrogens (tertiary/aromatic N) is 4. The molecular weight excluding hydrogens is 318 g/mol. The average molecular weight is 339 g/mol. The first-order chi connectivity index (χ1) is 11.1. The normalized spacial score (nSPS) is 20.1. The number of methoxy groups -OCH3 is 1. The summed E-state index contributed by atoms with van der Waals surface area (Å²) >= 11 is 0. The van der Waals surface area contributed by atoms with Crippen LogP contribution in [0.15, 0.2) is 24.4 Å². The first-order valence-electron chi connectivity index (χ1n) is 7.62. The molecule has 1 aliphatic rings. The molecule has 1 atom stereocenters. The predicted molar refractivity (Wildman–Crippen MR) is 84.9 cm³/mol. The van der Waals surface area contributed by atoms with Gasteiger partial charge in [0.05, 0.1) is 13.2 Å². The summed E-state index contributed by atoms with van der Waals surface area (Å²) in [5, 5.41) is 8.05. The topological polar surface area (TPSA) is 88.8 Å².